The fourth-order valence-electron chi connectivity index (χ4n) is 3.42. The van der Waals surface area contributed by atoms with E-state index < -0.39 is 30.0 Å². The summed E-state index contributed by atoms with van der Waals surface area (Å²) in [5, 5.41) is 13.4. The molecule has 1 saturated heterocycles. The maximum absolute atomic E-state index is 12.6. The minimum atomic E-state index is -0.909. The highest BCUT2D eigenvalue weighted by Gasteiger charge is 2.38. The van der Waals surface area contributed by atoms with Crippen molar-refractivity contribution in [1.29, 1.82) is 0 Å². The average molecular weight is 358 g/mol. The van der Waals surface area contributed by atoms with Crippen LogP contribution in [0.15, 0.2) is 30.5 Å². The van der Waals surface area contributed by atoms with Crippen LogP contribution >= 0.6 is 0 Å². The molecule has 1 aliphatic rings. The number of carbonyl (C=O) groups is 3. The summed E-state index contributed by atoms with van der Waals surface area (Å²) < 4.78 is 0. The van der Waals surface area contributed by atoms with Gasteiger partial charge in [-0.05, 0) is 11.6 Å². The second-order valence-electron chi connectivity index (χ2n) is 6.60. The second kappa shape index (κ2) is 7.17. The summed E-state index contributed by atoms with van der Waals surface area (Å²) in [7, 11) is 0. The van der Waals surface area contributed by atoms with Crippen molar-refractivity contribution >= 4 is 28.6 Å². The van der Waals surface area contributed by atoms with E-state index in [1.165, 1.54) is 11.8 Å². The Morgan fingerprint density at radius 3 is 2.81 bits per heavy atom. The molecule has 1 aromatic carbocycles. The highest BCUT2D eigenvalue weighted by Crippen LogP contribution is 2.21. The van der Waals surface area contributed by atoms with E-state index >= 15 is 0 Å². The van der Waals surface area contributed by atoms with Gasteiger partial charge < -0.3 is 26.0 Å². The van der Waals surface area contributed by atoms with E-state index in [0.29, 0.717) is 0 Å². The molecule has 2 heterocycles. The van der Waals surface area contributed by atoms with Gasteiger partial charge in [-0.2, -0.15) is 0 Å². The summed E-state index contributed by atoms with van der Waals surface area (Å²) in [6.07, 6.45) is 1.41. The van der Waals surface area contributed by atoms with Gasteiger partial charge in [0.25, 0.3) is 0 Å². The van der Waals surface area contributed by atoms with E-state index in [1.54, 1.807) is 6.20 Å². The van der Waals surface area contributed by atoms with Gasteiger partial charge in [0.2, 0.25) is 17.7 Å². The normalized spacial score (nSPS) is 20.9. The molecule has 0 unspecified atom stereocenters. The van der Waals surface area contributed by atoms with E-state index in [2.05, 4.69) is 10.3 Å². The van der Waals surface area contributed by atoms with Crippen LogP contribution in [0.1, 0.15) is 18.9 Å². The third-order valence-corrected chi connectivity index (χ3v) is 4.75. The molecule has 2 aromatic rings. The number of likely N-dealkylation sites (tertiary alicyclic amines) is 1. The summed E-state index contributed by atoms with van der Waals surface area (Å²) in [6.45, 7) is 1.45. The molecular weight excluding hydrogens is 336 g/mol. The first-order valence-corrected chi connectivity index (χ1v) is 8.46. The molecule has 0 radical (unpaired) electrons. The molecule has 1 fully saturated rings. The van der Waals surface area contributed by atoms with Gasteiger partial charge >= 0.3 is 0 Å². The number of rotatable bonds is 5. The lowest BCUT2D eigenvalue weighted by Crippen LogP contribution is -2.52. The molecular formula is C18H22N4O4. The van der Waals surface area contributed by atoms with Crippen LogP contribution in [0.2, 0.25) is 0 Å². The van der Waals surface area contributed by atoms with Crippen molar-refractivity contribution in [2.24, 2.45) is 5.73 Å². The Labute approximate surface area is 150 Å². The van der Waals surface area contributed by atoms with Crippen LogP contribution < -0.4 is 11.1 Å². The Morgan fingerprint density at radius 2 is 2.12 bits per heavy atom. The number of nitrogens with one attached hydrogen (secondary N) is 2. The fraction of sp³-hybridized carbons (Fsp3) is 0.389. The van der Waals surface area contributed by atoms with Crippen LogP contribution in [0.5, 0.6) is 0 Å². The molecule has 3 atom stereocenters. The summed E-state index contributed by atoms with van der Waals surface area (Å²) >= 11 is 0. The smallest absolute Gasteiger partial charge is 0.243 e. The topological polar surface area (TPSA) is 129 Å². The molecule has 3 rings (SSSR count). The Kier molecular flexibility index (Phi) is 4.94. The molecule has 0 aliphatic carbocycles. The van der Waals surface area contributed by atoms with Gasteiger partial charge in [-0.1, -0.05) is 18.2 Å². The van der Waals surface area contributed by atoms with Crippen LogP contribution in [0.4, 0.5) is 0 Å². The van der Waals surface area contributed by atoms with Gasteiger partial charge in [-0.15, -0.1) is 0 Å². The molecule has 0 saturated carbocycles. The molecule has 5 N–H and O–H groups in total. The number of hydrogen-bond donors (Lipinski definition) is 4. The molecule has 1 aromatic heterocycles. The zero-order chi connectivity index (χ0) is 18.8. The number of primary amides is 1. The van der Waals surface area contributed by atoms with E-state index in [-0.39, 0.29) is 25.3 Å². The fourth-order valence-corrected chi connectivity index (χ4v) is 3.42. The van der Waals surface area contributed by atoms with E-state index in [4.69, 9.17) is 5.73 Å². The van der Waals surface area contributed by atoms with Gasteiger partial charge in [-0.25, -0.2) is 0 Å². The van der Waals surface area contributed by atoms with E-state index in [1.807, 2.05) is 24.3 Å². The molecule has 0 bridgehead atoms. The lowest BCUT2D eigenvalue weighted by atomic mass is 10.0. The first-order valence-electron chi connectivity index (χ1n) is 8.46. The minimum absolute atomic E-state index is 0.108. The number of aromatic nitrogens is 1. The van der Waals surface area contributed by atoms with Crippen molar-refractivity contribution in [2.75, 3.05) is 6.54 Å². The van der Waals surface area contributed by atoms with Crippen molar-refractivity contribution < 1.29 is 19.5 Å². The zero-order valence-electron chi connectivity index (χ0n) is 14.4. The number of nitrogens with zero attached hydrogens (tertiary/aromatic N) is 1. The van der Waals surface area contributed by atoms with Gasteiger partial charge in [0, 0.05) is 43.4 Å². The van der Waals surface area contributed by atoms with Crippen LogP contribution in [0, 0.1) is 0 Å². The summed E-state index contributed by atoms with van der Waals surface area (Å²) in [6, 6.07) is 5.92. The van der Waals surface area contributed by atoms with Gasteiger partial charge in [0.1, 0.15) is 12.1 Å². The van der Waals surface area contributed by atoms with Crippen LogP contribution in [0.3, 0.4) is 0 Å². The number of para-hydroxylation sites is 1. The van der Waals surface area contributed by atoms with E-state index in [0.717, 1.165) is 16.5 Å². The van der Waals surface area contributed by atoms with Gasteiger partial charge in [0.15, 0.2) is 0 Å². The van der Waals surface area contributed by atoms with E-state index in [9.17, 15) is 19.5 Å². The van der Waals surface area contributed by atoms with Gasteiger partial charge in [-0.3, -0.25) is 14.4 Å². The number of fused-ring (bicyclic) bond motifs is 1. The largest absolute Gasteiger partial charge is 0.391 e. The predicted octanol–water partition coefficient (Wildman–Crippen LogP) is -0.338. The Balaban J connectivity index is 1.75. The molecule has 8 heteroatoms. The molecule has 26 heavy (non-hydrogen) atoms. The average Bonchev–Trinajstić information content (AvgIpc) is 3.18. The van der Waals surface area contributed by atoms with Crippen molar-refractivity contribution in [1.82, 2.24) is 15.2 Å². The number of H-pyrrole nitrogens is 1. The standard InChI is InChI=1S/C18H22N4O4/c1-10(23)22-9-12(24)7-16(22)18(26)21-15(17(19)25)6-11-8-20-14-5-3-2-4-13(11)14/h2-5,8,12,15-16,20,24H,6-7,9H2,1H3,(H2,19,25)(H,21,26)/t12-,15+,16+/m1/s1. The lowest BCUT2D eigenvalue weighted by molar-refractivity contribution is -0.138. The first kappa shape index (κ1) is 17.9. The summed E-state index contributed by atoms with van der Waals surface area (Å²) in [5.41, 5.74) is 7.26. The number of benzene rings is 1. The van der Waals surface area contributed by atoms with Crippen LogP contribution in [-0.4, -0.2) is 57.4 Å². The first-order chi connectivity index (χ1) is 12.4. The summed E-state index contributed by atoms with van der Waals surface area (Å²) in [4.78, 5) is 40.5. The third-order valence-electron chi connectivity index (χ3n) is 4.75. The Hall–Kier alpha value is -2.87. The SMILES string of the molecule is CC(=O)N1C[C@H](O)C[C@H]1C(=O)N[C@@H](Cc1c[nH]c2ccccc12)C(N)=O. The molecule has 138 valence electrons. The maximum atomic E-state index is 12.6. The number of aromatic amines is 1. The molecule has 3 amide bonds. The Bertz CT molecular complexity index is 847. The minimum Gasteiger partial charge on any atom is -0.391 e. The number of hydrogen-bond acceptors (Lipinski definition) is 4. The molecule has 1 aliphatic heterocycles. The zero-order valence-corrected chi connectivity index (χ0v) is 14.4. The molecule has 8 nitrogen and oxygen atoms in total. The molecule has 0 spiro atoms. The number of carbonyl (C=O) groups excluding carboxylic acids is 3. The van der Waals surface area contributed by atoms with Crippen molar-refractivity contribution in [3.8, 4) is 0 Å². The number of aliphatic hydroxyl groups excluding tert-OH is 1. The number of nitrogens with two attached hydrogens (primary N) is 1. The van der Waals surface area contributed by atoms with Crippen LogP contribution in [-0.2, 0) is 20.8 Å². The summed E-state index contributed by atoms with van der Waals surface area (Å²) in [5.74, 6) is -1.44. The third kappa shape index (κ3) is 3.55. The van der Waals surface area contributed by atoms with Crippen molar-refractivity contribution in [3.05, 3.63) is 36.0 Å². The predicted molar refractivity (Wildman–Crippen MR) is 94.9 cm³/mol. The van der Waals surface area contributed by atoms with Crippen molar-refractivity contribution in [3.63, 3.8) is 0 Å². The monoisotopic (exact) mass is 358 g/mol. The highest BCUT2D eigenvalue weighted by atomic mass is 16.3. The number of aliphatic hydroxyl groups is 1. The second-order valence-corrected chi connectivity index (χ2v) is 6.60. The van der Waals surface area contributed by atoms with Crippen LogP contribution in [0.25, 0.3) is 10.9 Å². The number of β-amino-alcohol motifs (C(OH)–C–C–N with tert-alkyl or cyclic N) is 1. The van der Waals surface area contributed by atoms with Crippen molar-refractivity contribution in [2.45, 2.75) is 38.0 Å². The quantitative estimate of drug-likeness (QED) is 0.583. The Morgan fingerprint density at radius 1 is 1.38 bits per heavy atom. The highest BCUT2D eigenvalue weighted by molar-refractivity contribution is 5.92. The maximum Gasteiger partial charge on any atom is 0.243 e. The van der Waals surface area contributed by atoms with Gasteiger partial charge in [0.05, 0.1) is 6.10 Å². The lowest BCUT2D eigenvalue weighted by Gasteiger charge is -2.24. The number of amides is 3.